The predicted molar refractivity (Wildman–Crippen MR) is 85.4 cm³/mol. The van der Waals surface area contributed by atoms with Gasteiger partial charge in [-0.2, -0.15) is 0 Å². The molecule has 0 aromatic carbocycles. The van der Waals surface area contributed by atoms with Crippen molar-refractivity contribution in [2.24, 2.45) is 0 Å². The van der Waals surface area contributed by atoms with Crippen LogP contribution in [-0.4, -0.2) is 54.6 Å². The van der Waals surface area contributed by atoms with E-state index < -0.39 is 0 Å². The van der Waals surface area contributed by atoms with E-state index in [2.05, 4.69) is 25.8 Å². The summed E-state index contributed by atoms with van der Waals surface area (Å²) in [7, 11) is 2.25. The molecule has 0 amide bonds. The zero-order valence-electron chi connectivity index (χ0n) is 13.6. The smallest absolute Gasteiger partial charge is 0 e. The van der Waals surface area contributed by atoms with E-state index in [1.807, 2.05) is 0 Å². The quantitative estimate of drug-likeness (QED) is 0.339. The number of unbranched alkanes of at least 4 members (excludes halogenated alkanes) is 9. The first kappa shape index (κ1) is 21.3. The first-order chi connectivity index (χ1) is 8.31. The molecule has 0 atom stereocenters. The average molecular weight is 264 g/mol. The molecule has 0 spiro atoms. The molecule has 0 rings (SSSR count). The van der Waals surface area contributed by atoms with Gasteiger partial charge < -0.3 is 4.90 Å². The zero-order valence-corrected chi connectivity index (χ0v) is 15.6. The summed E-state index contributed by atoms with van der Waals surface area (Å²) in [5.41, 5.74) is 0. The maximum atomic E-state index is 2.46. The van der Waals surface area contributed by atoms with Crippen LogP contribution in [0.3, 0.4) is 0 Å². The summed E-state index contributed by atoms with van der Waals surface area (Å²) in [6.07, 6.45) is 15.7. The molecule has 0 heterocycles. The number of rotatable bonds is 13. The van der Waals surface area contributed by atoms with Crippen molar-refractivity contribution in [2.45, 2.75) is 84.5 Å². The predicted octanol–water partition coefficient (Wildman–Crippen LogP) is 4.87. The summed E-state index contributed by atoms with van der Waals surface area (Å²) in [4.78, 5) is 2.46. The molecule has 0 aromatic heterocycles. The van der Waals surface area contributed by atoms with E-state index in [4.69, 9.17) is 0 Å². The van der Waals surface area contributed by atoms with Crippen LogP contribution in [0.2, 0.25) is 0 Å². The summed E-state index contributed by atoms with van der Waals surface area (Å²) >= 11 is 0. The monoisotopic (exact) mass is 264 g/mol. The summed E-state index contributed by atoms with van der Waals surface area (Å²) < 4.78 is 0. The van der Waals surface area contributed by atoms with Crippen LogP contribution < -0.4 is 0 Å². The molecule has 0 aliphatic rings. The van der Waals surface area contributed by atoms with Crippen LogP contribution >= 0.6 is 0 Å². The molecule has 0 unspecified atom stereocenters. The zero-order chi connectivity index (χ0) is 12.8. The molecule has 0 aliphatic carbocycles. The van der Waals surface area contributed by atoms with Crippen molar-refractivity contribution in [3.05, 3.63) is 0 Å². The van der Waals surface area contributed by atoms with Crippen LogP contribution in [0, 0.1) is 0 Å². The molecule has 1 radical (unpaired) electrons. The molecule has 0 fully saturated rings. The first-order valence-corrected chi connectivity index (χ1v) is 7.99. The second kappa shape index (κ2) is 18.0. The van der Waals surface area contributed by atoms with Crippen LogP contribution in [0.5, 0.6) is 0 Å². The molecule has 0 aromatic rings. The van der Waals surface area contributed by atoms with E-state index in [1.165, 1.54) is 83.7 Å². The second-order valence-electron chi connectivity index (χ2n) is 5.49. The SMILES string of the molecule is CCCCCCCCCCCCN(C)CCC.[Na]. The van der Waals surface area contributed by atoms with E-state index >= 15 is 0 Å². The third-order valence-electron chi connectivity index (χ3n) is 3.50. The topological polar surface area (TPSA) is 3.24 Å². The third-order valence-corrected chi connectivity index (χ3v) is 3.50. The van der Waals surface area contributed by atoms with Crippen molar-refractivity contribution < 1.29 is 0 Å². The second-order valence-corrected chi connectivity index (χ2v) is 5.49. The van der Waals surface area contributed by atoms with Gasteiger partial charge in [-0.1, -0.05) is 71.6 Å². The molecule has 0 bridgehead atoms. The van der Waals surface area contributed by atoms with Crippen LogP contribution in [0.4, 0.5) is 0 Å². The van der Waals surface area contributed by atoms with Crippen molar-refractivity contribution in [1.82, 2.24) is 4.90 Å². The Kier molecular flexibility index (Phi) is 21.2. The number of nitrogens with zero attached hydrogens (tertiary/aromatic N) is 1. The van der Waals surface area contributed by atoms with Gasteiger partial charge in [0.05, 0.1) is 0 Å². The first-order valence-electron chi connectivity index (χ1n) is 7.99. The van der Waals surface area contributed by atoms with Gasteiger partial charge in [-0.05, 0) is 33.0 Å². The largest absolute Gasteiger partial charge is 0.306 e. The van der Waals surface area contributed by atoms with Crippen molar-refractivity contribution in [2.75, 3.05) is 20.1 Å². The minimum Gasteiger partial charge on any atom is -0.306 e. The fourth-order valence-electron chi connectivity index (χ4n) is 2.36. The van der Waals surface area contributed by atoms with Gasteiger partial charge >= 0.3 is 0 Å². The van der Waals surface area contributed by atoms with E-state index in [1.54, 1.807) is 0 Å². The average Bonchev–Trinajstić information content (AvgIpc) is 2.32. The molecule has 2 heteroatoms. The van der Waals surface area contributed by atoms with E-state index in [-0.39, 0.29) is 29.6 Å². The molecule has 18 heavy (non-hydrogen) atoms. The van der Waals surface area contributed by atoms with Gasteiger partial charge in [0.15, 0.2) is 0 Å². The molecule has 1 nitrogen and oxygen atoms in total. The van der Waals surface area contributed by atoms with Gasteiger partial charge in [0.1, 0.15) is 0 Å². The van der Waals surface area contributed by atoms with Crippen LogP contribution in [-0.2, 0) is 0 Å². The Balaban J connectivity index is 0. The van der Waals surface area contributed by atoms with Crippen molar-refractivity contribution in [3.8, 4) is 0 Å². The van der Waals surface area contributed by atoms with Crippen LogP contribution in [0.15, 0.2) is 0 Å². The Bertz CT molecular complexity index is 139. The Hall–Kier alpha value is 0.960. The van der Waals surface area contributed by atoms with Crippen LogP contribution in [0.25, 0.3) is 0 Å². The Morgan fingerprint density at radius 1 is 0.556 bits per heavy atom. The summed E-state index contributed by atoms with van der Waals surface area (Å²) in [6.45, 7) is 7.10. The molecule has 0 saturated carbocycles. The van der Waals surface area contributed by atoms with Gasteiger partial charge in [0.2, 0.25) is 0 Å². The minimum atomic E-state index is 0. The molecule has 105 valence electrons. The summed E-state index contributed by atoms with van der Waals surface area (Å²) in [6, 6.07) is 0. The number of hydrogen-bond acceptors (Lipinski definition) is 1. The van der Waals surface area contributed by atoms with Crippen molar-refractivity contribution >= 4 is 29.6 Å². The van der Waals surface area contributed by atoms with Crippen molar-refractivity contribution in [3.63, 3.8) is 0 Å². The fourth-order valence-corrected chi connectivity index (χ4v) is 2.36. The van der Waals surface area contributed by atoms with Gasteiger partial charge in [0, 0.05) is 29.6 Å². The standard InChI is InChI=1S/C16H35N.Na/c1-4-6-7-8-9-10-11-12-13-14-16-17(3)15-5-2;/h4-16H2,1-3H3;. The molecule has 0 N–H and O–H groups in total. The normalized spacial score (nSPS) is 10.7. The molecule has 0 aliphatic heterocycles. The van der Waals surface area contributed by atoms with Crippen LogP contribution in [0.1, 0.15) is 84.5 Å². The van der Waals surface area contributed by atoms with Gasteiger partial charge in [-0.25, -0.2) is 0 Å². The molecule has 0 saturated heterocycles. The maximum Gasteiger partial charge on any atom is 0 e. The summed E-state index contributed by atoms with van der Waals surface area (Å²) in [5.74, 6) is 0. The van der Waals surface area contributed by atoms with Gasteiger partial charge in [0.25, 0.3) is 0 Å². The van der Waals surface area contributed by atoms with E-state index in [0.717, 1.165) is 0 Å². The summed E-state index contributed by atoms with van der Waals surface area (Å²) in [5, 5.41) is 0. The van der Waals surface area contributed by atoms with E-state index in [9.17, 15) is 0 Å². The van der Waals surface area contributed by atoms with Crippen molar-refractivity contribution in [1.29, 1.82) is 0 Å². The molecular weight excluding hydrogens is 229 g/mol. The Morgan fingerprint density at radius 3 is 1.44 bits per heavy atom. The maximum absolute atomic E-state index is 2.46. The van der Waals surface area contributed by atoms with E-state index in [0.29, 0.717) is 0 Å². The Labute approximate surface area is 138 Å². The Morgan fingerprint density at radius 2 is 1.00 bits per heavy atom. The fraction of sp³-hybridized carbons (Fsp3) is 1.00. The van der Waals surface area contributed by atoms with Gasteiger partial charge in [-0.15, -0.1) is 0 Å². The van der Waals surface area contributed by atoms with Gasteiger partial charge in [-0.3, -0.25) is 0 Å². The third kappa shape index (κ3) is 17.0. The molecular formula is C16H35NNa. The minimum absolute atomic E-state index is 0. The number of hydrogen-bond donors (Lipinski definition) is 0.